The second kappa shape index (κ2) is 13.4. The minimum Gasteiger partial charge on any atom is -0.456 e. The third-order valence-electron chi connectivity index (χ3n) is 13.1. The lowest BCUT2D eigenvalue weighted by Gasteiger charge is -2.35. The van der Waals surface area contributed by atoms with Gasteiger partial charge in [0.15, 0.2) is 5.82 Å². The molecule has 0 amide bonds. The van der Waals surface area contributed by atoms with Gasteiger partial charge in [0, 0.05) is 27.5 Å². The van der Waals surface area contributed by atoms with Crippen LogP contribution in [0.1, 0.15) is 22.3 Å². The van der Waals surface area contributed by atoms with Crippen LogP contribution in [-0.4, -0.2) is 9.97 Å². The zero-order chi connectivity index (χ0) is 40.8. The molecule has 0 N–H and O–H groups in total. The lowest BCUT2D eigenvalue weighted by atomic mass is 9.66. The molecule has 3 heteroatoms. The van der Waals surface area contributed by atoms with E-state index < -0.39 is 5.41 Å². The SMILES string of the molecule is c1ccc(-c2cccc(-c3cc(-c4ccc5c(c4)-c4ccccc4C54c5ccccc5-c5ccccc5-c5ccccc54)nc(-c4ccc5c(c4)oc4ccccc45)n3)c2)cc1. The van der Waals surface area contributed by atoms with Crippen molar-refractivity contribution in [1.82, 2.24) is 9.97 Å². The highest BCUT2D eigenvalue weighted by atomic mass is 16.3. The summed E-state index contributed by atoms with van der Waals surface area (Å²) < 4.78 is 6.37. The Balaban J connectivity index is 1.04. The number of benzene rings is 9. The molecular weight excluding hydrogens is 753 g/mol. The fraction of sp³-hybridized carbons (Fsp3) is 0.0169. The van der Waals surface area contributed by atoms with Gasteiger partial charge in [-0.05, 0) is 103 Å². The minimum absolute atomic E-state index is 0.543. The van der Waals surface area contributed by atoms with Crippen LogP contribution in [0.25, 0.3) is 100 Å². The van der Waals surface area contributed by atoms with Gasteiger partial charge in [0.1, 0.15) is 11.2 Å². The Bertz CT molecular complexity index is 3530. The normalized spacial score (nSPS) is 13.0. The van der Waals surface area contributed by atoms with Crippen molar-refractivity contribution in [2.75, 3.05) is 0 Å². The molecule has 2 heterocycles. The number of hydrogen-bond acceptors (Lipinski definition) is 3. The molecule has 2 aromatic heterocycles. The predicted octanol–water partition coefficient (Wildman–Crippen LogP) is 15.1. The zero-order valence-electron chi connectivity index (χ0n) is 33.6. The highest BCUT2D eigenvalue weighted by Crippen LogP contribution is 2.61. The second-order valence-corrected chi connectivity index (χ2v) is 16.4. The van der Waals surface area contributed by atoms with E-state index in [9.17, 15) is 0 Å². The Hall–Kier alpha value is -8.14. The predicted molar refractivity (Wildman–Crippen MR) is 253 cm³/mol. The summed E-state index contributed by atoms with van der Waals surface area (Å²) in [5, 5.41) is 2.17. The standard InChI is InChI=1S/C59H36N2O/c1-2-15-37(16-3-1)38-17-14-18-39(33-38)54-36-55(61-58(60-54)41-29-31-48-47-24-9-13-28-56(47)62-57(48)35-41)40-30-32-53-49(34-40)46-23-8-12-27-52(46)59(53)50-25-10-6-21-44(50)42-19-4-5-20-43(42)45-22-7-11-26-51(45)59/h1-36H. The molecule has 0 saturated heterocycles. The van der Waals surface area contributed by atoms with Gasteiger partial charge in [0.25, 0.3) is 0 Å². The Morgan fingerprint density at radius 1 is 0.290 bits per heavy atom. The summed E-state index contributed by atoms with van der Waals surface area (Å²) in [6, 6.07) is 78.8. The summed E-state index contributed by atoms with van der Waals surface area (Å²) in [5.41, 5.74) is 20.7. The zero-order valence-corrected chi connectivity index (χ0v) is 33.6. The van der Waals surface area contributed by atoms with Gasteiger partial charge in [0.2, 0.25) is 0 Å². The Kier molecular flexibility index (Phi) is 7.52. The van der Waals surface area contributed by atoms with E-state index in [-0.39, 0.29) is 0 Å². The molecule has 0 bridgehead atoms. The molecule has 0 saturated carbocycles. The number of aromatic nitrogens is 2. The van der Waals surface area contributed by atoms with Crippen molar-refractivity contribution >= 4 is 21.9 Å². The summed E-state index contributed by atoms with van der Waals surface area (Å²) in [6.45, 7) is 0. The van der Waals surface area contributed by atoms with E-state index in [4.69, 9.17) is 14.4 Å². The van der Waals surface area contributed by atoms with Gasteiger partial charge >= 0.3 is 0 Å². The van der Waals surface area contributed by atoms with Crippen LogP contribution in [0, 0.1) is 0 Å². The van der Waals surface area contributed by atoms with Gasteiger partial charge in [-0.2, -0.15) is 0 Å². The number of fused-ring (bicyclic) bond motifs is 15. The molecule has 62 heavy (non-hydrogen) atoms. The summed E-state index contributed by atoms with van der Waals surface area (Å²) in [7, 11) is 0. The minimum atomic E-state index is -0.543. The fourth-order valence-corrected chi connectivity index (χ4v) is 10.4. The quantitative estimate of drug-likeness (QED) is 0.178. The molecule has 2 aliphatic rings. The molecule has 11 aromatic rings. The van der Waals surface area contributed by atoms with Crippen LogP contribution in [0.5, 0.6) is 0 Å². The van der Waals surface area contributed by atoms with E-state index >= 15 is 0 Å². The maximum atomic E-state index is 6.37. The van der Waals surface area contributed by atoms with Gasteiger partial charge in [-0.1, -0.05) is 182 Å². The first-order chi connectivity index (χ1) is 30.7. The van der Waals surface area contributed by atoms with Crippen molar-refractivity contribution < 1.29 is 4.42 Å². The van der Waals surface area contributed by atoms with Gasteiger partial charge in [0.05, 0.1) is 16.8 Å². The molecule has 0 unspecified atom stereocenters. The van der Waals surface area contributed by atoms with Crippen LogP contribution in [0.2, 0.25) is 0 Å². The number of furan rings is 1. The van der Waals surface area contributed by atoms with Crippen LogP contribution < -0.4 is 0 Å². The molecule has 2 aliphatic carbocycles. The van der Waals surface area contributed by atoms with Crippen LogP contribution in [-0.2, 0) is 5.41 Å². The fourth-order valence-electron chi connectivity index (χ4n) is 10.4. The number of rotatable bonds is 4. The van der Waals surface area contributed by atoms with Crippen molar-refractivity contribution in [1.29, 1.82) is 0 Å². The highest BCUT2D eigenvalue weighted by Gasteiger charge is 2.49. The molecule has 1 spiro atoms. The topological polar surface area (TPSA) is 38.9 Å². The van der Waals surface area contributed by atoms with Crippen molar-refractivity contribution in [2.45, 2.75) is 5.41 Å². The van der Waals surface area contributed by atoms with E-state index in [1.165, 1.54) is 55.6 Å². The molecule has 288 valence electrons. The van der Waals surface area contributed by atoms with Gasteiger partial charge in [-0.15, -0.1) is 0 Å². The molecule has 0 atom stereocenters. The smallest absolute Gasteiger partial charge is 0.160 e. The maximum absolute atomic E-state index is 6.37. The van der Waals surface area contributed by atoms with Gasteiger partial charge in [-0.25, -0.2) is 9.97 Å². The number of nitrogens with zero attached hydrogens (tertiary/aromatic N) is 2. The first kappa shape index (κ1) is 34.7. The largest absolute Gasteiger partial charge is 0.456 e. The van der Waals surface area contributed by atoms with Crippen LogP contribution in [0.3, 0.4) is 0 Å². The first-order valence-electron chi connectivity index (χ1n) is 21.2. The molecule has 0 aliphatic heterocycles. The summed E-state index contributed by atoms with van der Waals surface area (Å²) in [6.07, 6.45) is 0. The highest BCUT2D eigenvalue weighted by molar-refractivity contribution is 6.06. The maximum Gasteiger partial charge on any atom is 0.160 e. The van der Waals surface area contributed by atoms with Gasteiger partial charge < -0.3 is 4.42 Å². The monoisotopic (exact) mass is 788 g/mol. The van der Waals surface area contributed by atoms with E-state index in [2.05, 4.69) is 206 Å². The molecular formula is C59H36N2O. The Morgan fingerprint density at radius 3 is 1.48 bits per heavy atom. The van der Waals surface area contributed by atoms with Crippen molar-refractivity contribution in [3.63, 3.8) is 0 Å². The third-order valence-corrected chi connectivity index (χ3v) is 13.1. The van der Waals surface area contributed by atoms with E-state index in [0.717, 1.165) is 61.1 Å². The Labute approximate surface area is 359 Å². The Morgan fingerprint density at radius 2 is 0.790 bits per heavy atom. The van der Waals surface area contributed by atoms with E-state index in [0.29, 0.717) is 5.82 Å². The summed E-state index contributed by atoms with van der Waals surface area (Å²) >= 11 is 0. The van der Waals surface area contributed by atoms with Gasteiger partial charge in [-0.3, -0.25) is 0 Å². The number of para-hydroxylation sites is 1. The van der Waals surface area contributed by atoms with Crippen molar-refractivity contribution in [3.8, 4) is 78.4 Å². The van der Waals surface area contributed by atoms with Crippen LogP contribution in [0.4, 0.5) is 0 Å². The average Bonchev–Trinajstić information content (AvgIpc) is 3.84. The lowest BCUT2D eigenvalue weighted by Crippen LogP contribution is -2.29. The summed E-state index contributed by atoms with van der Waals surface area (Å²) in [4.78, 5) is 10.7. The molecule has 0 radical (unpaired) electrons. The first-order valence-corrected chi connectivity index (χ1v) is 21.2. The molecule has 0 fully saturated rings. The molecule has 9 aromatic carbocycles. The van der Waals surface area contributed by atoms with E-state index in [1.807, 2.05) is 12.1 Å². The van der Waals surface area contributed by atoms with E-state index in [1.54, 1.807) is 0 Å². The third kappa shape index (κ3) is 5.06. The average molecular weight is 789 g/mol. The van der Waals surface area contributed by atoms with Crippen LogP contribution in [0.15, 0.2) is 223 Å². The second-order valence-electron chi connectivity index (χ2n) is 16.4. The lowest BCUT2D eigenvalue weighted by molar-refractivity contribution is 0.669. The molecule has 13 rings (SSSR count). The molecule has 3 nitrogen and oxygen atoms in total. The van der Waals surface area contributed by atoms with Crippen molar-refractivity contribution in [3.05, 3.63) is 241 Å². The summed E-state index contributed by atoms with van der Waals surface area (Å²) in [5.74, 6) is 0.645. The van der Waals surface area contributed by atoms with Crippen LogP contribution >= 0.6 is 0 Å². The number of hydrogen-bond donors (Lipinski definition) is 0. The van der Waals surface area contributed by atoms with Crippen molar-refractivity contribution in [2.24, 2.45) is 0 Å².